The quantitative estimate of drug-likeness (QED) is 0.786. The summed E-state index contributed by atoms with van der Waals surface area (Å²) in [5.74, 6) is 0. The fraction of sp³-hybridized carbons (Fsp3) is 0.235. The van der Waals surface area contributed by atoms with E-state index in [9.17, 15) is 0 Å². The Balaban J connectivity index is 2.01. The number of aryl methyl sites for hydroxylation is 3. The largest absolute Gasteiger partial charge is 0.363 e. The third-order valence-electron chi connectivity index (χ3n) is 3.61. The lowest BCUT2D eigenvalue weighted by Gasteiger charge is -2.09. The van der Waals surface area contributed by atoms with Crippen LogP contribution in [0.1, 0.15) is 16.8 Å². The van der Waals surface area contributed by atoms with E-state index in [0.29, 0.717) is 0 Å². The highest BCUT2D eigenvalue weighted by Gasteiger charge is 2.11. The summed E-state index contributed by atoms with van der Waals surface area (Å²) in [5, 5.41) is 13.0. The number of anilines is 1. The van der Waals surface area contributed by atoms with Gasteiger partial charge in [0.15, 0.2) is 5.01 Å². The first kappa shape index (κ1) is 14.7. The number of hydrogen-bond donors (Lipinski definition) is 1. The maximum Gasteiger partial charge on any atom is 0.205 e. The lowest BCUT2D eigenvalue weighted by molar-refractivity contribution is 1.08. The first-order valence-corrected chi connectivity index (χ1v) is 7.97. The molecule has 3 aromatic rings. The SMILES string of the molecule is CNc1nnc(-c2ccc(-c3ccc(C)cc3C)nc2C)s1. The zero-order chi connectivity index (χ0) is 15.7. The molecule has 1 N–H and O–H groups in total. The summed E-state index contributed by atoms with van der Waals surface area (Å²) < 4.78 is 0. The molecule has 0 fully saturated rings. The van der Waals surface area contributed by atoms with Crippen LogP contribution in [0.15, 0.2) is 30.3 Å². The molecule has 0 atom stereocenters. The molecule has 0 aliphatic rings. The van der Waals surface area contributed by atoms with Crippen molar-refractivity contribution in [2.24, 2.45) is 0 Å². The minimum Gasteiger partial charge on any atom is -0.363 e. The lowest BCUT2D eigenvalue weighted by Crippen LogP contribution is -1.93. The second kappa shape index (κ2) is 5.85. The predicted molar refractivity (Wildman–Crippen MR) is 92.3 cm³/mol. The molecular formula is C17H18N4S. The summed E-state index contributed by atoms with van der Waals surface area (Å²) in [5.41, 5.74) is 6.69. The molecule has 0 radical (unpaired) electrons. The van der Waals surface area contributed by atoms with E-state index in [0.717, 1.165) is 27.1 Å². The van der Waals surface area contributed by atoms with Crippen LogP contribution < -0.4 is 5.32 Å². The van der Waals surface area contributed by atoms with Gasteiger partial charge in [-0.15, -0.1) is 10.2 Å². The zero-order valence-corrected chi connectivity index (χ0v) is 14.0. The molecule has 4 nitrogen and oxygen atoms in total. The molecule has 0 aliphatic heterocycles. The Morgan fingerprint density at radius 3 is 2.36 bits per heavy atom. The van der Waals surface area contributed by atoms with Gasteiger partial charge < -0.3 is 5.32 Å². The highest BCUT2D eigenvalue weighted by Crippen LogP contribution is 2.30. The molecule has 0 unspecified atom stereocenters. The second-order valence-electron chi connectivity index (χ2n) is 5.31. The highest BCUT2D eigenvalue weighted by atomic mass is 32.1. The summed E-state index contributed by atoms with van der Waals surface area (Å²) in [7, 11) is 1.85. The van der Waals surface area contributed by atoms with Crippen LogP contribution in [0.4, 0.5) is 5.13 Å². The molecule has 0 aliphatic carbocycles. The van der Waals surface area contributed by atoms with Crippen LogP contribution in [0.3, 0.4) is 0 Å². The van der Waals surface area contributed by atoms with Gasteiger partial charge in [0.05, 0.1) is 5.69 Å². The third kappa shape index (κ3) is 2.72. The van der Waals surface area contributed by atoms with E-state index >= 15 is 0 Å². The van der Waals surface area contributed by atoms with Gasteiger partial charge in [-0.1, -0.05) is 35.1 Å². The smallest absolute Gasteiger partial charge is 0.205 e. The maximum absolute atomic E-state index is 4.76. The van der Waals surface area contributed by atoms with Gasteiger partial charge in [-0.3, -0.25) is 4.98 Å². The van der Waals surface area contributed by atoms with E-state index in [1.807, 2.05) is 14.0 Å². The highest BCUT2D eigenvalue weighted by molar-refractivity contribution is 7.18. The van der Waals surface area contributed by atoms with Crippen molar-refractivity contribution in [3.05, 3.63) is 47.2 Å². The van der Waals surface area contributed by atoms with Crippen LogP contribution in [0.2, 0.25) is 0 Å². The third-order valence-corrected chi connectivity index (χ3v) is 4.59. The number of hydrogen-bond acceptors (Lipinski definition) is 5. The van der Waals surface area contributed by atoms with Crippen molar-refractivity contribution in [3.8, 4) is 21.8 Å². The van der Waals surface area contributed by atoms with Crippen LogP contribution in [0.25, 0.3) is 21.8 Å². The van der Waals surface area contributed by atoms with Gasteiger partial charge in [-0.25, -0.2) is 0 Å². The molecule has 0 spiro atoms. The number of aromatic nitrogens is 3. The van der Waals surface area contributed by atoms with E-state index in [-0.39, 0.29) is 0 Å². The van der Waals surface area contributed by atoms with Crippen molar-refractivity contribution in [2.45, 2.75) is 20.8 Å². The minimum atomic E-state index is 0.813. The average molecular weight is 310 g/mol. The second-order valence-corrected chi connectivity index (χ2v) is 6.29. The van der Waals surface area contributed by atoms with Gasteiger partial charge in [0.25, 0.3) is 0 Å². The van der Waals surface area contributed by atoms with Gasteiger partial charge in [0.2, 0.25) is 5.13 Å². The summed E-state index contributed by atoms with van der Waals surface area (Å²) in [6.45, 7) is 6.24. The van der Waals surface area contributed by atoms with Crippen LogP contribution >= 0.6 is 11.3 Å². The maximum atomic E-state index is 4.76. The molecule has 2 heterocycles. The van der Waals surface area contributed by atoms with Crippen LogP contribution in [0.5, 0.6) is 0 Å². The van der Waals surface area contributed by atoms with Gasteiger partial charge in [-0.2, -0.15) is 0 Å². The average Bonchev–Trinajstić information content (AvgIpc) is 2.96. The Bertz CT molecular complexity index is 823. The fourth-order valence-corrected chi connectivity index (χ4v) is 3.25. The van der Waals surface area contributed by atoms with E-state index in [1.54, 1.807) is 0 Å². The first-order chi connectivity index (χ1) is 10.6. The van der Waals surface area contributed by atoms with E-state index in [4.69, 9.17) is 4.98 Å². The van der Waals surface area contributed by atoms with Crippen molar-refractivity contribution in [2.75, 3.05) is 12.4 Å². The molecule has 1 aromatic carbocycles. The van der Waals surface area contributed by atoms with Crippen molar-refractivity contribution in [1.82, 2.24) is 15.2 Å². The topological polar surface area (TPSA) is 50.7 Å². The first-order valence-electron chi connectivity index (χ1n) is 7.15. The fourth-order valence-electron chi connectivity index (χ4n) is 2.47. The van der Waals surface area contributed by atoms with Crippen molar-refractivity contribution in [3.63, 3.8) is 0 Å². The molecule has 5 heteroatoms. The van der Waals surface area contributed by atoms with Crippen LogP contribution in [-0.2, 0) is 0 Å². The van der Waals surface area contributed by atoms with Crippen LogP contribution in [0, 0.1) is 20.8 Å². The number of rotatable bonds is 3. The summed E-state index contributed by atoms with van der Waals surface area (Å²) in [4.78, 5) is 4.76. The molecule has 22 heavy (non-hydrogen) atoms. The summed E-state index contributed by atoms with van der Waals surface area (Å²) in [6.07, 6.45) is 0. The Kier molecular flexibility index (Phi) is 3.90. The monoisotopic (exact) mass is 310 g/mol. The zero-order valence-electron chi connectivity index (χ0n) is 13.1. The number of nitrogens with zero attached hydrogens (tertiary/aromatic N) is 3. The Morgan fingerprint density at radius 2 is 1.73 bits per heavy atom. The Hall–Kier alpha value is -2.27. The number of benzene rings is 1. The molecule has 0 saturated carbocycles. The Morgan fingerprint density at radius 1 is 0.955 bits per heavy atom. The molecule has 112 valence electrons. The van der Waals surface area contributed by atoms with E-state index < -0.39 is 0 Å². The normalized spacial score (nSPS) is 10.7. The van der Waals surface area contributed by atoms with Crippen molar-refractivity contribution < 1.29 is 0 Å². The molecule has 0 amide bonds. The van der Waals surface area contributed by atoms with Crippen molar-refractivity contribution >= 4 is 16.5 Å². The van der Waals surface area contributed by atoms with Gasteiger partial charge >= 0.3 is 0 Å². The molecule has 0 bridgehead atoms. The van der Waals surface area contributed by atoms with E-state index in [2.05, 4.69) is 59.7 Å². The summed E-state index contributed by atoms with van der Waals surface area (Å²) >= 11 is 1.53. The van der Waals surface area contributed by atoms with E-state index in [1.165, 1.54) is 28.0 Å². The number of pyridine rings is 1. The predicted octanol–water partition coefficient (Wildman–Crippen LogP) is 4.23. The van der Waals surface area contributed by atoms with Crippen molar-refractivity contribution in [1.29, 1.82) is 0 Å². The minimum absolute atomic E-state index is 0.813. The Labute approximate surface area is 134 Å². The standard InChI is InChI=1S/C17H18N4S/c1-10-5-6-13(11(2)9-10)15-8-7-14(12(3)19-15)16-20-21-17(18-4)22-16/h5-9H,1-4H3,(H,18,21). The molecule has 2 aromatic heterocycles. The molecule has 3 rings (SSSR count). The van der Waals surface area contributed by atoms with Gasteiger partial charge in [-0.05, 0) is 38.5 Å². The molecular weight excluding hydrogens is 292 g/mol. The van der Waals surface area contributed by atoms with Gasteiger partial charge in [0.1, 0.15) is 0 Å². The number of nitrogens with one attached hydrogen (secondary N) is 1. The molecule has 0 saturated heterocycles. The summed E-state index contributed by atoms with van der Waals surface area (Å²) in [6, 6.07) is 10.6. The van der Waals surface area contributed by atoms with Gasteiger partial charge in [0, 0.05) is 23.9 Å². The lowest BCUT2D eigenvalue weighted by atomic mass is 10.0. The van der Waals surface area contributed by atoms with Crippen LogP contribution in [-0.4, -0.2) is 22.2 Å².